The second kappa shape index (κ2) is 7.21. The molecule has 2 N–H and O–H groups in total. The Morgan fingerprint density at radius 3 is 2.74 bits per heavy atom. The molecular formula is C23H22F2N4O2. The van der Waals surface area contributed by atoms with E-state index in [1.54, 1.807) is 18.5 Å². The van der Waals surface area contributed by atoms with Gasteiger partial charge >= 0.3 is 0 Å². The fraction of sp³-hybridized carbons (Fsp3) is 0.391. The predicted octanol–water partition coefficient (Wildman–Crippen LogP) is 3.77. The van der Waals surface area contributed by atoms with Gasteiger partial charge in [-0.15, -0.1) is 0 Å². The zero-order chi connectivity index (χ0) is 21.8. The monoisotopic (exact) mass is 424 g/mol. The molecular weight excluding hydrogens is 402 g/mol. The van der Waals surface area contributed by atoms with Gasteiger partial charge in [0.15, 0.2) is 5.78 Å². The average molecular weight is 424 g/mol. The molecule has 3 aromatic rings. The highest BCUT2D eigenvalue weighted by Crippen LogP contribution is 2.63. The number of amides is 1. The number of pyridine rings is 2. The van der Waals surface area contributed by atoms with E-state index in [2.05, 4.69) is 20.3 Å². The van der Waals surface area contributed by atoms with Gasteiger partial charge in [-0.2, -0.15) is 0 Å². The molecule has 160 valence electrons. The fourth-order valence-electron chi connectivity index (χ4n) is 4.99. The Balaban J connectivity index is 1.40. The Morgan fingerprint density at radius 2 is 2.00 bits per heavy atom. The molecule has 3 aromatic heterocycles. The Morgan fingerprint density at radius 1 is 1.23 bits per heavy atom. The average Bonchev–Trinajstić information content (AvgIpc) is 3.11. The Labute approximate surface area is 177 Å². The first-order valence-corrected chi connectivity index (χ1v) is 10.4. The summed E-state index contributed by atoms with van der Waals surface area (Å²) in [6.07, 6.45) is 3.94. The number of carbonyl (C=O) groups excluding carboxylic acids is 2. The largest absolute Gasteiger partial charge is 0.354 e. The Kier molecular flexibility index (Phi) is 4.60. The van der Waals surface area contributed by atoms with E-state index in [-0.39, 0.29) is 54.4 Å². The van der Waals surface area contributed by atoms with E-state index >= 15 is 0 Å². The van der Waals surface area contributed by atoms with Crippen LogP contribution in [-0.2, 0) is 6.42 Å². The van der Waals surface area contributed by atoms with Crippen LogP contribution in [0.4, 0.5) is 8.78 Å². The van der Waals surface area contributed by atoms with Crippen LogP contribution in [0.5, 0.6) is 0 Å². The van der Waals surface area contributed by atoms with Crippen LogP contribution in [0.1, 0.15) is 51.4 Å². The van der Waals surface area contributed by atoms with Gasteiger partial charge in [-0.25, -0.2) is 18.7 Å². The molecule has 0 saturated heterocycles. The van der Waals surface area contributed by atoms with Crippen molar-refractivity contribution in [2.24, 2.45) is 17.8 Å². The lowest BCUT2D eigenvalue weighted by Gasteiger charge is -2.13. The number of aromatic amines is 1. The number of halogens is 2. The Bertz CT molecular complexity index is 1180. The molecule has 0 aromatic carbocycles. The van der Waals surface area contributed by atoms with E-state index in [0.717, 1.165) is 16.6 Å². The molecule has 1 unspecified atom stereocenters. The van der Waals surface area contributed by atoms with Crippen molar-refractivity contribution in [2.75, 3.05) is 7.05 Å². The van der Waals surface area contributed by atoms with Crippen LogP contribution in [0, 0.1) is 17.8 Å². The molecule has 2 aliphatic rings. The number of fused-ring (bicyclic) bond motifs is 2. The van der Waals surface area contributed by atoms with Crippen LogP contribution >= 0.6 is 0 Å². The van der Waals surface area contributed by atoms with Crippen LogP contribution in [0.2, 0.25) is 0 Å². The second-order valence-corrected chi connectivity index (χ2v) is 8.58. The third-order valence-corrected chi connectivity index (χ3v) is 6.58. The van der Waals surface area contributed by atoms with E-state index in [0.29, 0.717) is 17.7 Å². The van der Waals surface area contributed by atoms with Gasteiger partial charge in [0.05, 0.1) is 0 Å². The van der Waals surface area contributed by atoms with Gasteiger partial charge in [0.2, 0.25) is 5.92 Å². The number of aromatic nitrogens is 3. The summed E-state index contributed by atoms with van der Waals surface area (Å²) in [7, 11) is 1.51. The molecule has 5 rings (SSSR count). The fourth-order valence-corrected chi connectivity index (χ4v) is 4.99. The molecule has 31 heavy (non-hydrogen) atoms. The number of alkyl halides is 2. The van der Waals surface area contributed by atoms with E-state index in [4.69, 9.17) is 0 Å². The maximum atomic E-state index is 13.4. The first-order valence-electron chi connectivity index (χ1n) is 10.4. The molecule has 2 aliphatic carbocycles. The van der Waals surface area contributed by atoms with Crippen LogP contribution in [0.25, 0.3) is 11.0 Å². The zero-order valence-electron chi connectivity index (χ0n) is 17.0. The lowest BCUT2D eigenvalue weighted by atomic mass is 9.98. The van der Waals surface area contributed by atoms with Crippen molar-refractivity contribution in [1.82, 2.24) is 20.3 Å². The maximum Gasteiger partial charge on any atom is 0.269 e. The van der Waals surface area contributed by atoms with E-state index in [1.807, 2.05) is 12.1 Å². The first kappa shape index (κ1) is 19.8. The number of hydrogen-bond donors (Lipinski definition) is 2. The molecule has 0 aliphatic heterocycles. The van der Waals surface area contributed by atoms with Crippen LogP contribution in [0.15, 0.2) is 36.7 Å². The Hall–Kier alpha value is -3.16. The van der Waals surface area contributed by atoms with E-state index < -0.39 is 5.92 Å². The number of nitrogens with one attached hydrogen (secondary N) is 2. The van der Waals surface area contributed by atoms with Gasteiger partial charge in [0, 0.05) is 61.8 Å². The van der Waals surface area contributed by atoms with E-state index in [9.17, 15) is 18.4 Å². The third kappa shape index (κ3) is 3.71. The van der Waals surface area contributed by atoms with E-state index in [1.165, 1.54) is 13.1 Å². The van der Waals surface area contributed by atoms with Crippen molar-refractivity contribution in [3.8, 4) is 0 Å². The van der Waals surface area contributed by atoms with Crippen molar-refractivity contribution in [1.29, 1.82) is 0 Å². The third-order valence-electron chi connectivity index (χ3n) is 6.58. The molecule has 8 heteroatoms. The summed E-state index contributed by atoms with van der Waals surface area (Å²) in [6, 6.07) is 7.02. The molecule has 0 spiro atoms. The minimum absolute atomic E-state index is 0.0203. The van der Waals surface area contributed by atoms with Gasteiger partial charge in [-0.1, -0.05) is 0 Å². The summed E-state index contributed by atoms with van der Waals surface area (Å²) >= 11 is 0. The van der Waals surface area contributed by atoms with Gasteiger partial charge < -0.3 is 10.3 Å². The number of nitrogens with zero attached hydrogens (tertiary/aromatic N) is 2. The normalized spacial score (nSPS) is 23.5. The highest BCUT2D eigenvalue weighted by Gasteiger charge is 2.62. The molecule has 0 radical (unpaired) electrons. The summed E-state index contributed by atoms with van der Waals surface area (Å²) in [6.45, 7) is 0. The lowest BCUT2D eigenvalue weighted by molar-refractivity contribution is -0.00847. The summed E-state index contributed by atoms with van der Waals surface area (Å²) in [4.78, 5) is 37.0. The standard InChI is InChI=1S/C23H22F2N4O2/c1-26-22(31)19-8-13(20(30)9-16-17-10-23(24,25)11-18(16)17)7-14(29-19)6-12-2-4-27-21-15(12)3-5-28-21/h2-5,7-8,16-18H,6,9-11H2,1H3,(H,26,31)(H,27,28)/t16?,17-,18+. The number of rotatable bonds is 6. The SMILES string of the molecule is CNC(=O)c1cc(C(=O)CC2[C@H]3CC(F)(F)C[C@@H]23)cc(Cc2ccnc3[nH]ccc23)n1. The summed E-state index contributed by atoms with van der Waals surface area (Å²) < 4.78 is 26.9. The van der Waals surface area contributed by atoms with Crippen LogP contribution in [0.3, 0.4) is 0 Å². The smallest absolute Gasteiger partial charge is 0.269 e. The number of H-pyrrole nitrogens is 1. The highest BCUT2D eigenvalue weighted by atomic mass is 19.3. The zero-order valence-corrected chi connectivity index (χ0v) is 17.0. The molecule has 3 atom stereocenters. The van der Waals surface area contributed by atoms with Crippen molar-refractivity contribution in [3.63, 3.8) is 0 Å². The van der Waals surface area contributed by atoms with Gasteiger partial charge in [0.25, 0.3) is 5.91 Å². The minimum Gasteiger partial charge on any atom is -0.354 e. The van der Waals surface area contributed by atoms with Gasteiger partial charge in [-0.05, 0) is 47.6 Å². The number of ketones is 1. The predicted molar refractivity (Wildman–Crippen MR) is 110 cm³/mol. The highest BCUT2D eigenvalue weighted by molar-refractivity contribution is 6.00. The minimum atomic E-state index is -2.58. The topological polar surface area (TPSA) is 87.7 Å². The van der Waals surface area contributed by atoms with Crippen molar-refractivity contribution >= 4 is 22.7 Å². The number of Topliss-reactive ketones (excluding diaryl/α,β-unsaturated/α-hetero) is 1. The number of hydrogen-bond acceptors (Lipinski definition) is 4. The van der Waals surface area contributed by atoms with Crippen LogP contribution < -0.4 is 5.32 Å². The van der Waals surface area contributed by atoms with Crippen molar-refractivity contribution in [3.05, 3.63) is 59.2 Å². The summed E-state index contributed by atoms with van der Waals surface area (Å²) in [5.74, 6) is -3.18. The quantitative estimate of drug-likeness (QED) is 0.590. The maximum absolute atomic E-state index is 13.4. The van der Waals surface area contributed by atoms with Gasteiger partial charge in [-0.3, -0.25) is 9.59 Å². The molecule has 3 heterocycles. The van der Waals surface area contributed by atoms with Gasteiger partial charge in [0.1, 0.15) is 11.3 Å². The summed E-state index contributed by atoms with van der Waals surface area (Å²) in [5.41, 5.74) is 2.91. The molecule has 6 nitrogen and oxygen atoms in total. The molecule has 0 bridgehead atoms. The second-order valence-electron chi connectivity index (χ2n) is 8.58. The molecule has 1 amide bonds. The van der Waals surface area contributed by atoms with Crippen molar-refractivity contribution in [2.45, 2.75) is 31.6 Å². The van der Waals surface area contributed by atoms with Crippen molar-refractivity contribution < 1.29 is 18.4 Å². The number of carbonyl (C=O) groups is 2. The lowest BCUT2D eigenvalue weighted by Crippen LogP contribution is -2.21. The summed E-state index contributed by atoms with van der Waals surface area (Å²) in [5, 5.41) is 3.50. The van der Waals surface area contributed by atoms with Crippen LogP contribution in [-0.4, -0.2) is 39.6 Å². The molecule has 2 fully saturated rings. The molecule has 2 saturated carbocycles. The first-order chi connectivity index (χ1) is 14.8.